The van der Waals surface area contributed by atoms with E-state index in [2.05, 4.69) is 28.9 Å². The molecule has 1 aliphatic heterocycles. The van der Waals surface area contributed by atoms with Crippen LogP contribution in [0.1, 0.15) is 32.0 Å². The standard InChI is InChI=1S/C12H19N3O3/c1-8(2)3-10-13-11(18-14-10)7-15-5-9(6-15)4-12(16)17/h8-9H,3-7H2,1-2H3,(H,16,17). The van der Waals surface area contributed by atoms with Crippen LogP contribution in [0.5, 0.6) is 0 Å². The van der Waals surface area contributed by atoms with E-state index in [0.29, 0.717) is 18.4 Å². The third kappa shape index (κ3) is 3.53. The Morgan fingerprint density at radius 3 is 2.89 bits per heavy atom. The first-order valence-corrected chi connectivity index (χ1v) is 6.28. The number of carbonyl (C=O) groups is 1. The van der Waals surface area contributed by atoms with Crippen LogP contribution < -0.4 is 0 Å². The van der Waals surface area contributed by atoms with Crippen LogP contribution in [0.15, 0.2) is 4.52 Å². The second-order valence-electron chi connectivity index (χ2n) is 5.36. The Labute approximate surface area is 106 Å². The van der Waals surface area contributed by atoms with Crippen molar-refractivity contribution in [1.29, 1.82) is 0 Å². The molecule has 1 fully saturated rings. The highest BCUT2D eigenvalue weighted by atomic mass is 16.5. The van der Waals surface area contributed by atoms with Crippen molar-refractivity contribution < 1.29 is 14.4 Å². The fourth-order valence-corrected chi connectivity index (χ4v) is 2.18. The molecule has 6 heteroatoms. The lowest BCUT2D eigenvalue weighted by molar-refractivity contribution is -0.139. The van der Waals surface area contributed by atoms with Crippen molar-refractivity contribution in [2.75, 3.05) is 13.1 Å². The molecule has 0 bridgehead atoms. The Bertz CT molecular complexity index is 410. The largest absolute Gasteiger partial charge is 0.481 e. The van der Waals surface area contributed by atoms with Crippen molar-refractivity contribution in [3.63, 3.8) is 0 Å². The summed E-state index contributed by atoms with van der Waals surface area (Å²) in [5, 5.41) is 12.6. The second-order valence-corrected chi connectivity index (χ2v) is 5.36. The molecule has 0 atom stereocenters. The van der Waals surface area contributed by atoms with Gasteiger partial charge in [0, 0.05) is 19.5 Å². The van der Waals surface area contributed by atoms with Crippen molar-refractivity contribution in [3.8, 4) is 0 Å². The summed E-state index contributed by atoms with van der Waals surface area (Å²) in [7, 11) is 0. The van der Waals surface area contributed by atoms with Crippen LogP contribution in [-0.2, 0) is 17.8 Å². The van der Waals surface area contributed by atoms with Gasteiger partial charge in [-0.15, -0.1) is 0 Å². The molecule has 100 valence electrons. The topological polar surface area (TPSA) is 79.5 Å². The van der Waals surface area contributed by atoms with E-state index in [1.165, 1.54) is 0 Å². The quantitative estimate of drug-likeness (QED) is 0.820. The minimum Gasteiger partial charge on any atom is -0.481 e. The molecule has 1 aliphatic rings. The van der Waals surface area contributed by atoms with E-state index >= 15 is 0 Å². The summed E-state index contributed by atoms with van der Waals surface area (Å²) >= 11 is 0. The smallest absolute Gasteiger partial charge is 0.303 e. The normalized spacial score (nSPS) is 17.1. The van der Waals surface area contributed by atoms with Crippen LogP contribution in [-0.4, -0.2) is 39.2 Å². The monoisotopic (exact) mass is 253 g/mol. The number of carboxylic acid groups (broad SMARTS) is 1. The van der Waals surface area contributed by atoms with E-state index in [0.717, 1.165) is 25.3 Å². The maximum Gasteiger partial charge on any atom is 0.303 e. The predicted molar refractivity (Wildman–Crippen MR) is 63.9 cm³/mol. The summed E-state index contributed by atoms with van der Waals surface area (Å²) in [6.45, 7) is 6.45. The molecule has 1 aromatic rings. The van der Waals surface area contributed by atoms with E-state index in [4.69, 9.17) is 9.63 Å². The molecule has 0 saturated carbocycles. The van der Waals surface area contributed by atoms with Gasteiger partial charge in [-0.2, -0.15) is 4.98 Å². The lowest BCUT2D eigenvalue weighted by Crippen LogP contribution is -2.46. The van der Waals surface area contributed by atoms with Gasteiger partial charge in [-0.3, -0.25) is 9.69 Å². The maximum absolute atomic E-state index is 10.5. The Hall–Kier alpha value is -1.43. The van der Waals surface area contributed by atoms with Crippen molar-refractivity contribution in [1.82, 2.24) is 15.0 Å². The van der Waals surface area contributed by atoms with E-state index in [1.54, 1.807) is 0 Å². The summed E-state index contributed by atoms with van der Waals surface area (Å²) in [5.74, 6) is 1.43. The molecule has 2 rings (SSSR count). The Morgan fingerprint density at radius 1 is 1.56 bits per heavy atom. The molecule has 0 aromatic carbocycles. The molecule has 0 unspecified atom stereocenters. The van der Waals surface area contributed by atoms with Gasteiger partial charge in [0.05, 0.1) is 13.0 Å². The summed E-state index contributed by atoms with van der Waals surface area (Å²) in [6, 6.07) is 0. The summed E-state index contributed by atoms with van der Waals surface area (Å²) < 4.78 is 5.17. The van der Waals surface area contributed by atoms with Gasteiger partial charge in [-0.25, -0.2) is 0 Å². The Kier molecular flexibility index (Phi) is 3.96. The van der Waals surface area contributed by atoms with E-state index < -0.39 is 5.97 Å². The van der Waals surface area contributed by atoms with Crippen molar-refractivity contribution in [3.05, 3.63) is 11.7 Å². The van der Waals surface area contributed by atoms with Crippen molar-refractivity contribution >= 4 is 5.97 Å². The number of likely N-dealkylation sites (tertiary alicyclic amines) is 1. The summed E-state index contributed by atoms with van der Waals surface area (Å²) in [5.41, 5.74) is 0. The molecule has 2 heterocycles. The van der Waals surface area contributed by atoms with Crippen LogP contribution in [0, 0.1) is 11.8 Å². The second kappa shape index (κ2) is 5.48. The number of hydrogen-bond acceptors (Lipinski definition) is 5. The number of aromatic nitrogens is 2. The molecule has 0 aliphatic carbocycles. The highest BCUT2D eigenvalue weighted by Gasteiger charge is 2.29. The fourth-order valence-electron chi connectivity index (χ4n) is 2.18. The average Bonchev–Trinajstić information content (AvgIpc) is 2.60. The van der Waals surface area contributed by atoms with Gasteiger partial charge in [0.2, 0.25) is 5.89 Å². The maximum atomic E-state index is 10.5. The van der Waals surface area contributed by atoms with E-state index in [1.807, 2.05) is 0 Å². The zero-order chi connectivity index (χ0) is 13.1. The Morgan fingerprint density at radius 2 is 2.28 bits per heavy atom. The zero-order valence-corrected chi connectivity index (χ0v) is 10.8. The van der Waals surface area contributed by atoms with Crippen molar-refractivity contribution in [2.45, 2.75) is 33.2 Å². The minimum atomic E-state index is -0.725. The van der Waals surface area contributed by atoms with Crippen LogP contribution in [0.25, 0.3) is 0 Å². The Balaban J connectivity index is 1.75. The SMILES string of the molecule is CC(C)Cc1noc(CN2CC(CC(=O)O)C2)n1. The van der Waals surface area contributed by atoms with Crippen LogP contribution in [0.4, 0.5) is 0 Å². The van der Waals surface area contributed by atoms with Gasteiger partial charge >= 0.3 is 5.97 Å². The van der Waals surface area contributed by atoms with Gasteiger partial charge in [-0.1, -0.05) is 19.0 Å². The lowest BCUT2D eigenvalue weighted by Gasteiger charge is -2.37. The fraction of sp³-hybridized carbons (Fsp3) is 0.750. The summed E-state index contributed by atoms with van der Waals surface area (Å²) in [4.78, 5) is 17.0. The molecule has 18 heavy (non-hydrogen) atoms. The number of aliphatic carboxylic acids is 1. The molecular formula is C12H19N3O3. The first-order valence-electron chi connectivity index (χ1n) is 6.28. The predicted octanol–water partition coefficient (Wildman–Crippen LogP) is 1.17. The molecule has 6 nitrogen and oxygen atoms in total. The van der Waals surface area contributed by atoms with E-state index in [9.17, 15) is 4.79 Å². The van der Waals surface area contributed by atoms with Crippen LogP contribution in [0.2, 0.25) is 0 Å². The average molecular weight is 253 g/mol. The molecule has 1 aromatic heterocycles. The van der Waals surface area contributed by atoms with Crippen molar-refractivity contribution in [2.24, 2.45) is 11.8 Å². The number of carboxylic acids is 1. The van der Waals surface area contributed by atoms with Gasteiger partial charge in [0.1, 0.15) is 0 Å². The molecule has 1 N–H and O–H groups in total. The molecular weight excluding hydrogens is 234 g/mol. The summed E-state index contributed by atoms with van der Waals surface area (Å²) in [6.07, 6.45) is 1.07. The number of nitrogens with zero attached hydrogens (tertiary/aromatic N) is 3. The minimum absolute atomic E-state index is 0.249. The van der Waals surface area contributed by atoms with Gasteiger partial charge in [0.25, 0.3) is 0 Å². The first kappa shape index (κ1) is 13.0. The molecule has 0 spiro atoms. The number of hydrogen-bond donors (Lipinski definition) is 1. The highest BCUT2D eigenvalue weighted by molar-refractivity contribution is 5.67. The third-order valence-corrected chi connectivity index (χ3v) is 2.96. The van der Waals surface area contributed by atoms with Crippen LogP contribution in [0.3, 0.4) is 0 Å². The van der Waals surface area contributed by atoms with Gasteiger partial charge < -0.3 is 9.63 Å². The van der Waals surface area contributed by atoms with Crippen LogP contribution >= 0.6 is 0 Å². The first-order chi connectivity index (χ1) is 8.52. The lowest BCUT2D eigenvalue weighted by atomic mass is 9.97. The molecule has 0 radical (unpaired) electrons. The molecule has 0 amide bonds. The molecule has 1 saturated heterocycles. The third-order valence-electron chi connectivity index (χ3n) is 2.96. The van der Waals surface area contributed by atoms with E-state index in [-0.39, 0.29) is 12.3 Å². The number of rotatable bonds is 6. The highest BCUT2D eigenvalue weighted by Crippen LogP contribution is 2.21. The van der Waals surface area contributed by atoms with Gasteiger partial charge in [0.15, 0.2) is 5.82 Å². The zero-order valence-electron chi connectivity index (χ0n) is 10.8. The van der Waals surface area contributed by atoms with Gasteiger partial charge in [-0.05, 0) is 11.8 Å².